The molecular weight excluding hydrogens is 170 g/mol. The van der Waals surface area contributed by atoms with Gasteiger partial charge >= 0.3 is 0 Å². The Balaban J connectivity index is 2.22. The molecule has 1 aliphatic rings. The lowest BCUT2D eigenvalue weighted by Gasteiger charge is -2.29. The summed E-state index contributed by atoms with van der Waals surface area (Å²) in [7, 11) is 0. The third-order valence-electron chi connectivity index (χ3n) is 2.36. The molecule has 0 radical (unpaired) electrons. The molecule has 1 saturated heterocycles. The van der Waals surface area contributed by atoms with Crippen molar-refractivity contribution in [3.63, 3.8) is 0 Å². The van der Waals surface area contributed by atoms with Gasteiger partial charge in [-0.05, 0) is 12.8 Å². The van der Waals surface area contributed by atoms with Crippen molar-refractivity contribution in [2.24, 2.45) is 5.73 Å². The molecule has 1 aromatic heterocycles. The van der Waals surface area contributed by atoms with Crippen molar-refractivity contribution in [3.8, 4) is 0 Å². The van der Waals surface area contributed by atoms with Crippen LogP contribution in [-0.4, -0.2) is 23.4 Å². The Morgan fingerprint density at radius 1 is 1.38 bits per heavy atom. The summed E-state index contributed by atoms with van der Waals surface area (Å²) in [6.45, 7) is 3.10. The quantitative estimate of drug-likeness (QED) is 0.679. The van der Waals surface area contributed by atoms with Gasteiger partial charge in [0.2, 0.25) is 5.89 Å². The Bertz CT molecular complexity index is 291. The summed E-state index contributed by atoms with van der Waals surface area (Å²) >= 11 is 0. The number of nitrogens with two attached hydrogens (primary N) is 1. The van der Waals surface area contributed by atoms with Crippen molar-refractivity contribution in [1.82, 2.24) is 10.1 Å². The van der Waals surface area contributed by atoms with Crippen LogP contribution in [0.1, 0.15) is 24.6 Å². The molecule has 1 fully saturated rings. The molecule has 13 heavy (non-hydrogen) atoms. The van der Waals surface area contributed by atoms with Crippen molar-refractivity contribution in [2.45, 2.75) is 25.3 Å². The van der Waals surface area contributed by atoms with E-state index in [9.17, 15) is 0 Å². The zero-order valence-corrected chi connectivity index (χ0v) is 7.62. The van der Waals surface area contributed by atoms with E-state index in [1.807, 2.05) is 0 Å². The minimum Gasteiger partial charge on any atom is -0.381 e. The molecule has 2 rings (SSSR count). The standard InChI is InChI=1S/C8H13N3O2/c1-6-10-7(11-13-6)8(9)2-4-12-5-3-8/h2-5,9H2,1H3. The molecule has 0 amide bonds. The third-order valence-corrected chi connectivity index (χ3v) is 2.36. The van der Waals surface area contributed by atoms with Crippen molar-refractivity contribution in [2.75, 3.05) is 13.2 Å². The van der Waals surface area contributed by atoms with Gasteiger partial charge in [0.25, 0.3) is 0 Å². The average molecular weight is 183 g/mol. The van der Waals surface area contributed by atoms with E-state index in [1.54, 1.807) is 6.92 Å². The average Bonchev–Trinajstić information content (AvgIpc) is 2.54. The summed E-state index contributed by atoms with van der Waals surface area (Å²) in [6.07, 6.45) is 1.51. The van der Waals surface area contributed by atoms with Crippen LogP contribution in [0.5, 0.6) is 0 Å². The number of ether oxygens (including phenoxy) is 1. The molecule has 0 bridgehead atoms. The fourth-order valence-corrected chi connectivity index (χ4v) is 1.46. The first-order chi connectivity index (χ1) is 6.21. The molecule has 5 nitrogen and oxygen atoms in total. The number of aryl methyl sites for hydroxylation is 1. The zero-order chi connectivity index (χ0) is 9.31. The summed E-state index contributed by atoms with van der Waals surface area (Å²) in [4.78, 5) is 4.15. The third kappa shape index (κ3) is 1.57. The first-order valence-electron chi connectivity index (χ1n) is 4.38. The molecule has 2 N–H and O–H groups in total. The van der Waals surface area contributed by atoms with E-state index < -0.39 is 5.54 Å². The van der Waals surface area contributed by atoms with Crippen molar-refractivity contribution in [1.29, 1.82) is 0 Å². The Kier molecular flexibility index (Phi) is 2.05. The Morgan fingerprint density at radius 2 is 2.08 bits per heavy atom. The normalized spacial score (nSPS) is 21.7. The first-order valence-corrected chi connectivity index (χ1v) is 4.38. The molecule has 72 valence electrons. The number of aromatic nitrogens is 2. The molecule has 0 spiro atoms. The minimum absolute atomic E-state index is 0.448. The van der Waals surface area contributed by atoms with Gasteiger partial charge in [-0.3, -0.25) is 0 Å². The lowest BCUT2D eigenvalue weighted by Crippen LogP contribution is -2.43. The van der Waals surface area contributed by atoms with Crippen LogP contribution in [0.4, 0.5) is 0 Å². The number of hydrogen-bond donors (Lipinski definition) is 1. The lowest BCUT2D eigenvalue weighted by molar-refractivity contribution is 0.0484. The van der Waals surface area contributed by atoms with Crippen LogP contribution in [0.3, 0.4) is 0 Å². The highest BCUT2D eigenvalue weighted by atomic mass is 16.5. The summed E-state index contributed by atoms with van der Waals surface area (Å²) in [5.74, 6) is 1.17. The van der Waals surface area contributed by atoms with Gasteiger partial charge < -0.3 is 15.0 Å². The van der Waals surface area contributed by atoms with Gasteiger partial charge in [-0.25, -0.2) is 0 Å². The lowest BCUT2D eigenvalue weighted by atomic mass is 9.91. The molecule has 0 saturated carbocycles. The van der Waals surface area contributed by atoms with Gasteiger partial charge in [0, 0.05) is 20.1 Å². The van der Waals surface area contributed by atoms with Gasteiger partial charge in [-0.1, -0.05) is 5.16 Å². The van der Waals surface area contributed by atoms with Crippen molar-refractivity contribution < 1.29 is 9.26 Å². The van der Waals surface area contributed by atoms with E-state index in [1.165, 1.54) is 0 Å². The van der Waals surface area contributed by atoms with Gasteiger partial charge in [0.15, 0.2) is 5.82 Å². The SMILES string of the molecule is Cc1nc(C2(N)CCOCC2)no1. The Hall–Kier alpha value is -0.940. The van der Waals surface area contributed by atoms with Crippen molar-refractivity contribution in [3.05, 3.63) is 11.7 Å². The van der Waals surface area contributed by atoms with Crippen LogP contribution in [0.25, 0.3) is 0 Å². The summed E-state index contributed by atoms with van der Waals surface area (Å²) in [5.41, 5.74) is 5.68. The molecule has 5 heteroatoms. The Labute approximate surface area is 76.3 Å². The highest BCUT2D eigenvalue weighted by Crippen LogP contribution is 2.26. The maximum absolute atomic E-state index is 6.13. The van der Waals surface area contributed by atoms with Crippen LogP contribution < -0.4 is 5.73 Å². The zero-order valence-electron chi connectivity index (χ0n) is 7.62. The maximum Gasteiger partial charge on any atom is 0.223 e. The predicted molar refractivity (Wildman–Crippen MR) is 45.0 cm³/mol. The van der Waals surface area contributed by atoms with Gasteiger partial charge in [0.05, 0.1) is 5.54 Å². The fraction of sp³-hybridized carbons (Fsp3) is 0.750. The van der Waals surface area contributed by atoms with E-state index in [4.69, 9.17) is 15.0 Å². The van der Waals surface area contributed by atoms with E-state index >= 15 is 0 Å². The van der Waals surface area contributed by atoms with Crippen molar-refractivity contribution >= 4 is 0 Å². The van der Waals surface area contributed by atoms with E-state index in [0.717, 1.165) is 12.8 Å². The van der Waals surface area contributed by atoms with Crippen LogP contribution in [0, 0.1) is 6.92 Å². The van der Waals surface area contributed by atoms with Gasteiger partial charge in [0.1, 0.15) is 0 Å². The van der Waals surface area contributed by atoms with E-state index in [0.29, 0.717) is 24.9 Å². The van der Waals surface area contributed by atoms with Crippen LogP contribution >= 0.6 is 0 Å². The van der Waals surface area contributed by atoms with Crippen LogP contribution in [-0.2, 0) is 10.3 Å². The second kappa shape index (κ2) is 3.08. The second-order valence-corrected chi connectivity index (χ2v) is 3.41. The monoisotopic (exact) mass is 183 g/mol. The molecule has 0 aliphatic carbocycles. The first kappa shape index (κ1) is 8.65. The molecule has 0 atom stereocenters. The topological polar surface area (TPSA) is 74.2 Å². The summed E-state index contributed by atoms with van der Waals surface area (Å²) < 4.78 is 10.1. The number of rotatable bonds is 1. The second-order valence-electron chi connectivity index (χ2n) is 3.41. The van der Waals surface area contributed by atoms with E-state index in [2.05, 4.69) is 10.1 Å². The fourth-order valence-electron chi connectivity index (χ4n) is 1.46. The smallest absolute Gasteiger partial charge is 0.223 e. The Morgan fingerprint density at radius 3 is 2.62 bits per heavy atom. The molecule has 1 aromatic rings. The largest absolute Gasteiger partial charge is 0.381 e. The molecular formula is C8H13N3O2. The summed E-state index contributed by atoms with van der Waals surface area (Å²) in [6, 6.07) is 0. The van der Waals surface area contributed by atoms with Gasteiger partial charge in [-0.2, -0.15) is 4.98 Å². The van der Waals surface area contributed by atoms with E-state index in [-0.39, 0.29) is 0 Å². The van der Waals surface area contributed by atoms with Crippen LogP contribution in [0.2, 0.25) is 0 Å². The minimum atomic E-state index is -0.448. The summed E-state index contributed by atoms with van der Waals surface area (Å²) in [5, 5.41) is 3.84. The maximum atomic E-state index is 6.13. The number of hydrogen-bond acceptors (Lipinski definition) is 5. The predicted octanol–water partition coefficient (Wildman–Crippen LogP) is 0.342. The molecule has 2 heterocycles. The molecule has 0 aromatic carbocycles. The van der Waals surface area contributed by atoms with Crippen LogP contribution in [0.15, 0.2) is 4.52 Å². The highest BCUT2D eigenvalue weighted by Gasteiger charge is 2.34. The number of nitrogens with zero attached hydrogens (tertiary/aromatic N) is 2. The van der Waals surface area contributed by atoms with Gasteiger partial charge in [-0.15, -0.1) is 0 Å². The molecule has 0 unspecified atom stereocenters. The highest BCUT2D eigenvalue weighted by molar-refractivity contribution is 5.04. The molecule has 1 aliphatic heterocycles.